The van der Waals surface area contributed by atoms with E-state index in [2.05, 4.69) is 81.1 Å². The lowest BCUT2D eigenvalue weighted by molar-refractivity contribution is 0.581. The third kappa shape index (κ3) is 7.64. The summed E-state index contributed by atoms with van der Waals surface area (Å²) in [5, 5.41) is 15.0. The first-order valence-corrected chi connectivity index (χ1v) is 9.68. The minimum atomic E-state index is 0.322. The van der Waals surface area contributed by atoms with Crippen LogP contribution in [0.15, 0.2) is 53.8 Å². The zero-order chi connectivity index (χ0) is 19.5. The predicted octanol–water partition coefficient (Wildman–Crippen LogP) is 2.97. The molecule has 2 N–H and O–H groups in total. The van der Waals surface area contributed by atoms with Crippen molar-refractivity contribution in [1.29, 1.82) is 0 Å². The van der Waals surface area contributed by atoms with Gasteiger partial charge in [-0.3, -0.25) is 0 Å². The smallest absolute Gasteiger partial charge is 0.191 e. The number of hydrogen-bond donors (Lipinski definition) is 2. The Morgan fingerprint density at radius 3 is 2.78 bits per heavy atom. The van der Waals surface area contributed by atoms with Gasteiger partial charge in [-0.2, -0.15) is 0 Å². The number of rotatable bonds is 10. The molecule has 2 aromatic rings. The van der Waals surface area contributed by atoms with Gasteiger partial charge >= 0.3 is 0 Å². The zero-order valence-corrected chi connectivity index (χ0v) is 16.8. The van der Waals surface area contributed by atoms with Gasteiger partial charge in [0.05, 0.1) is 6.54 Å². The van der Waals surface area contributed by atoms with Crippen LogP contribution >= 0.6 is 0 Å². The van der Waals surface area contributed by atoms with Gasteiger partial charge in [0.1, 0.15) is 12.2 Å². The summed E-state index contributed by atoms with van der Waals surface area (Å²) in [5.41, 5.74) is 2.40. The van der Waals surface area contributed by atoms with E-state index in [1.54, 1.807) is 6.33 Å². The average molecular weight is 369 g/mol. The lowest BCUT2D eigenvalue weighted by atomic mass is 10.1. The second-order valence-electron chi connectivity index (χ2n) is 6.91. The van der Waals surface area contributed by atoms with E-state index in [0.29, 0.717) is 12.6 Å². The molecule has 2 rings (SSSR count). The molecule has 1 unspecified atom stereocenters. The number of aromatic nitrogens is 3. The maximum absolute atomic E-state index is 4.63. The fourth-order valence-corrected chi connectivity index (χ4v) is 2.73. The molecule has 0 fully saturated rings. The van der Waals surface area contributed by atoms with E-state index in [4.69, 9.17) is 0 Å². The monoisotopic (exact) mass is 368 g/mol. The van der Waals surface area contributed by atoms with Crippen molar-refractivity contribution < 1.29 is 0 Å². The summed E-state index contributed by atoms with van der Waals surface area (Å²) in [6.45, 7) is 12.4. The van der Waals surface area contributed by atoms with Gasteiger partial charge in [0.2, 0.25) is 0 Å². The Hall–Kier alpha value is -2.63. The topological polar surface area (TPSA) is 67.1 Å². The van der Waals surface area contributed by atoms with Gasteiger partial charge in [-0.15, -0.1) is 10.2 Å². The van der Waals surface area contributed by atoms with Gasteiger partial charge in [-0.1, -0.05) is 49.4 Å². The van der Waals surface area contributed by atoms with Crippen LogP contribution in [0.5, 0.6) is 0 Å². The first kappa shape index (κ1) is 20.7. The molecule has 0 saturated carbocycles. The van der Waals surface area contributed by atoms with Crippen molar-refractivity contribution in [3.8, 4) is 0 Å². The lowest BCUT2D eigenvalue weighted by Gasteiger charge is -2.19. The molecule has 1 aromatic carbocycles. The van der Waals surface area contributed by atoms with Crippen LogP contribution in [0.2, 0.25) is 0 Å². The van der Waals surface area contributed by atoms with E-state index in [1.165, 1.54) is 5.56 Å². The normalized spacial score (nSPS) is 12.6. The minimum absolute atomic E-state index is 0.322. The molecule has 0 bridgehead atoms. The molecule has 0 radical (unpaired) electrons. The molecule has 0 aliphatic carbocycles. The summed E-state index contributed by atoms with van der Waals surface area (Å²) in [6, 6.07) is 10.9. The summed E-state index contributed by atoms with van der Waals surface area (Å²) in [7, 11) is 0. The van der Waals surface area contributed by atoms with Crippen molar-refractivity contribution >= 4 is 5.96 Å². The summed E-state index contributed by atoms with van der Waals surface area (Å²) in [6.07, 6.45) is 4.75. The molecule has 0 aliphatic rings. The molecule has 6 heteroatoms. The largest absolute Gasteiger partial charge is 0.355 e. The number of aliphatic imine (C=N–C) groups is 1. The van der Waals surface area contributed by atoms with Crippen molar-refractivity contribution in [3.05, 3.63) is 60.2 Å². The van der Waals surface area contributed by atoms with Crippen molar-refractivity contribution in [2.75, 3.05) is 13.1 Å². The number of nitrogens with one attached hydrogen (secondary N) is 2. The molecular weight excluding hydrogens is 336 g/mol. The highest BCUT2D eigenvalue weighted by Gasteiger charge is 2.07. The summed E-state index contributed by atoms with van der Waals surface area (Å²) < 4.78 is 2.07. The van der Waals surface area contributed by atoms with Crippen molar-refractivity contribution in [3.63, 3.8) is 0 Å². The summed E-state index contributed by atoms with van der Waals surface area (Å²) in [5.74, 6) is 1.83. The maximum Gasteiger partial charge on any atom is 0.191 e. The summed E-state index contributed by atoms with van der Waals surface area (Å²) in [4.78, 5) is 4.63. The van der Waals surface area contributed by atoms with Gasteiger partial charge in [-0.05, 0) is 32.3 Å². The third-order valence-corrected chi connectivity index (χ3v) is 4.26. The Labute approximate surface area is 162 Å². The van der Waals surface area contributed by atoms with E-state index in [9.17, 15) is 0 Å². The molecule has 0 aliphatic heterocycles. The highest BCUT2D eigenvalue weighted by atomic mass is 15.3. The SMILES string of the molecule is C=C(C)CN=C(NCCn1cnnc1CC)NC(C)CCc1ccccc1. The average Bonchev–Trinajstić information content (AvgIpc) is 3.12. The Kier molecular flexibility index (Phi) is 8.55. The second-order valence-corrected chi connectivity index (χ2v) is 6.91. The number of aryl methyl sites for hydroxylation is 2. The van der Waals surface area contributed by atoms with Gasteiger partial charge in [0.25, 0.3) is 0 Å². The minimum Gasteiger partial charge on any atom is -0.355 e. The Morgan fingerprint density at radius 2 is 2.07 bits per heavy atom. The number of hydrogen-bond acceptors (Lipinski definition) is 3. The van der Waals surface area contributed by atoms with E-state index >= 15 is 0 Å². The van der Waals surface area contributed by atoms with Gasteiger partial charge in [-0.25, -0.2) is 4.99 Å². The fraction of sp³-hybridized carbons (Fsp3) is 0.476. The molecule has 1 heterocycles. The molecular formula is C21H32N6. The molecule has 146 valence electrons. The van der Waals surface area contributed by atoms with Gasteiger partial charge in [0, 0.05) is 25.6 Å². The fourth-order valence-electron chi connectivity index (χ4n) is 2.73. The molecule has 27 heavy (non-hydrogen) atoms. The molecule has 0 saturated heterocycles. The first-order chi connectivity index (χ1) is 13.1. The highest BCUT2D eigenvalue weighted by Crippen LogP contribution is 2.05. The Bertz CT molecular complexity index is 719. The standard InChI is InChI=1S/C21H32N6/c1-5-20-26-24-16-27(20)14-13-22-21(23-15-17(2)3)25-18(4)11-12-19-9-7-6-8-10-19/h6-10,16,18H,2,5,11-15H2,1,3-4H3,(H2,22,23,25). The second kappa shape index (κ2) is 11.2. The summed E-state index contributed by atoms with van der Waals surface area (Å²) >= 11 is 0. The first-order valence-electron chi connectivity index (χ1n) is 9.68. The van der Waals surface area contributed by atoms with Crippen LogP contribution in [-0.4, -0.2) is 39.9 Å². The predicted molar refractivity (Wildman–Crippen MR) is 112 cm³/mol. The van der Waals surface area contributed by atoms with E-state index in [1.807, 2.05) is 6.92 Å². The molecule has 0 amide bonds. The third-order valence-electron chi connectivity index (χ3n) is 4.26. The molecule has 6 nitrogen and oxygen atoms in total. The molecule has 1 aromatic heterocycles. The lowest BCUT2D eigenvalue weighted by Crippen LogP contribution is -2.43. The van der Waals surface area contributed by atoms with Crippen LogP contribution in [0.1, 0.15) is 38.6 Å². The van der Waals surface area contributed by atoms with E-state index in [0.717, 1.165) is 49.7 Å². The Balaban J connectivity index is 1.85. The van der Waals surface area contributed by atoms with Gasteiger partial charge in [0.15, 0.2) is 5.96 Å². The van der Waals surface area contributed by atoms with Crippen LogP contribution in [0, 0.1) is 0 Å². The van der Waals surface area contributed by atoms with E-state index in [-0.39, 0.29) is 0 Å². The van der Waals surface area contributed by atoms with Gasteiger partial charge < -0.3 is 15.2 Å². The Morgan fingerprint density at radius 1 is 1.30 bits per heavy atom. The quantitative estimate of drug-likeness (QED) is 0.384. The van der Waals surface area contributed by atoms with Crippen molar-refractivity contribution in [1.82, 2.24) is 25.4 Å². The van der Waals surface area contributed by atoms with Crippen LogP contribution in [-0.2, 0) is 19.4 Å². The number of guanidine groups is 1. The van der Waals surface area contributed by atoms with Crippen molar-refractivity contribution in [2.45, 2.75) is 52.6 Å². The zero-order valence-electron chi connectivity index (χ0n) is 16.8. The van der Waals surface area contributed by atoms with Crippen LogP contribution < -0.4 is 10.6 Å². The molecule has 1 atom stereocenters. The maximum atomic E-state index is 4.63. The van der Waals surface area contributed by atoms with Crippen molar-refractivity contribution in [2.24, 2.45) is 4.99 Å². The van der Waals surface area contributed by atoms with E-state index < -0.39 is 0 Å². The highest BCUT2D eigenvalue weighted by molar-refractivity contribution is 5.80. The van der Waals surface area contributed by atoms with Crippen LogP contribution in [0.25, 0.3) is 0 Å². The number of nitrogens with zero attached hydrogens (tertiary/aromatic N) is 4. The number of benzene rings is 1. The van der Waals surface area contributed by atoms with Crippen LogP contribution in [0.4, 0.5) is 0 Å². The van der Waals surface area contributed by atoms with Crippen LogP contribution in [0.3, 0.4) is 0 Å². The molecule has 0 spiro atoms.